The summed E-state index contributed by atoms with van der Waals surface area (Å²) in [7, 11) is 0. The average Bonchev–Trinajstić information content (AvgIpc) is 2.70. The summed E-state index contributed by atoms with van der Waals surface area (Å²) >= 11 is 0. The van der Waals surface area contributed by atoms with E-state index in [1.807, 2.05) is 17.7 Å². The van der Waals surface area contributed by atoms with E-state index in [1.165, 1.54) is 12.8 Å². The van der Waals surface area contributed by atoms with Crippen LogP contribution in [0.15, 0.2) is 12.4 Å². The normalized spacial score (nSPS) is 22.9. The van der Waals surface area contributed by atoms with Crippen LogP contribution in [0.25, 0.3) is 0 Å². The highest BCUT2D eigenvalue weighted by molar-refractivity contribution is 5.85. The van der Waals surface area contributed by atoms with Crippen LogP contribution in [0.3, 0.4) is 0 Å². The maximum atomic E-state index is 11.7. The van der Waals surface area contributed by atoms with E-state index in [9.17, 15) is 4.79 Å². The Morgan fingerprint density at radius 1 is 1.56 bits per heavy atom. The van der Waals surface area contributed by atoms with E-state index in [2.05, 4.69) is 18.8 Å². The molecular weight excluding hydrogens is 228 g/mol. The van der Waals surface area contributed by atoms with Gasteiger partial charge in [-0.3, -0.25) is 0 Å². The molecule has 100 valence electrons. The van der Waals surface area contributed by atoms with Gasteiger partial charge in [0.2, 0.25) is 5.82 Å². The molecule has 1 aromatic rings. The van der Waals surface area contributed by atoms with Crippen molar-refractivity contribution in [1.82, 2.24) is 9.55 Å². The van der Waals surface area contributed by atoms with Gasteiger partial charge in [0.05, 0.1) is 6.61 Å². The number of hydrogen-bond acceptors (Lipinski definition) is 3. The van der Waals surface area contributed by atoms with Gasteiger partial charge in [0, 0.05) is 18.9 Å². The molecule has 0 atom stereocenters. The molecule has 4 nitrogen and oxygen atoms in total. The Labute approximate surface area is 108 Å². The van der Waals surface area contributed by atoms with E-state index in [-0.39, 0.29) is 5.97 Å². The Balaban J connectivity index is 1.91. The third kappa shape index (κ3) is 2.74. The molecule has 4 heteroatoms. The zero-order valence-corrected chi connectivity index (χ0v) is 11.4. The summed E-state index contributed by atoms with van der Waals surface area (Å²) in [5, 5.41) is 0. The number of aromatic nitrogens is 2. The number of carbonyl (C=O) groups excluding carboxylic acids is 1. The standard InChI is InChI=1S/C14H22N2O2/c1-4-18-14(17)13-15-5-6-16(13)9-11-7-12(8-11)10(2)3/h5-6,10-12H,4,7-9H2,1-3H3/t11-,12+. The van der Waals surface area contributed by atoms with Gasteiger partial charge < -0.3 is 9.30 Å². The monoisotopic (exact) mass is 250 g/mol. The second kappa shape index (κ2) is 5.55. The van der Waals surface area contributed by atoms with Crippen LogP contribution in [0.2, 0.25) is 0 Å². The topological polar surface area (TPSA) is 44.1 Å². The van der Waals surface area contributed by atoms with Crippen LogP contribution in [0.4, 0.5) is 0 Å². The number of imidazole rings is 1. The Morgan fingerprint density at radius 2 is 2.28 bits per heavy atom. The minimum atomic E-state index is -0.317. The van der Waals surface area contributed by atoms with E-state index < -0.39 is 0 Å². The lowest BCUT2D eigenvalue weighted by Gasteiger charge is -2.38. The van der Waals surface area contributed by atoms with Crippen LogP contribution >= 0.6 is 0 Å². The Hall–Kier alpha value is -1.32. The number of hydrogen-bond donors (Lipinski definition) is 0. The SMILES string of the molecule is CCOC(=O)c1nccn1C[C@H]1C[C@@H](C(C)C)C1. The molecule has 1 saturated carbocycles. The molecule has 1 fully saturated rings. The third-order valence-corrected chi connectivity index (χ3v) is 3.84. The van der Waals surface area contributed by atoms with Crippen LogP contribution in [0.1, 0.15) is 44.2 Å². The number of nitrogens with zero attached hydrogens (tertiary/aromatic N) is 2. The number of ether oxygens (including phenoxy) is 1. The summed E-state index contributed by atoms with van der Waals surface area (Å²) < 4.78 is 6.93. The second-order valence-electron chi connectivity index (χ2n) is 5.47. The summed E-state index contributed by atoms with van der Waals surface area (Å²) in [6.07, 6.45) is 6.07. The molecule has 1 aliphatic carbocycles. The Kier molecular flexibility index (Phi) is 4.04. The molecule has 0 N–H and O–H groups in total. The molecule has 0 amide bonds. The lowest BCUT2D eigenvalue weighted by molar-refractivity contribution is 0.0499. The van der Waals surface area contributed by atoms with Gasteiger partial charge >= 0.3 is 5.97 Å². The van der Waals surface area contributed by atoms with Crippen molar-refractivity contribution in [3.8, 4) is 0 Å². The van der Waals surface area contributed by atoms with Crippen LogP contribution in [0.5, 0.6) is 0 Å². The molecule has 1 aliphatic rings. The van der Waals surface area contributed by atoms with E-state index >= 15 is 0 Å². The predicted octanol–water partition coefficient (Wildman–Crippen LogP) is 2.74. The molecule has 0 spiro atoms. The largest absolute Gasteiger partial charge is 0.460 e. The molecule has 18 heavy (non-hydrogen) atoms. The summed E-state index contributed by atoms with van der Waals surface area (Å²) in [6, 6.07) is 0. The highest BCUT2D eigenvalue weighted by Crippen LogP contribution is 2.39. The van der Waals surface area contributed by atoms with Gasteiger partial charge in [0.25, 0.3) is 0 Å². The highest BCUT2D eigenvalue weighted by atomic mass is 16.5. The number of carbonyl (C=O) groups is 1. The van der Waals surface area contributed by atoms with Gasteiger partial charge in [-0.05, 0) is 37.5 Å². The molecule has 0 saturated heterocycles. The first-order valence-electron chi connectivity index (χ1n) is 6.80. The average molecular weight is 250 g/mol. The van der Waals surface area contributed by atoms with Crippen LogP contribution < -0.4 is 0 Å². The minimum absolute atomic E-state index is 0.317. The van der Waals surface area contributed by atoms with E-state index in [0.717, 1.165) is 18.4 Å². The number of esters is 1. The summed E-state index contributed by atoms with van der Waals surface area (Å²) in [4.78, 5) is 15.8. The molecule has 1 aromatic heterocycles. The van der Waals surface area contributed by atoms with Crippen molar-refractivity contribution in [2.45, 2.75) is 40.2 Å². The maximum absolute atomic E-state index is 11.7. The van der Waals surface area contributed by atoms with Crippen molar-refractivity contribution in [3.63, 3.8) is 0 Å². The molecule has 0 aliphatic heterocycles. The third-order valence-electron chi connectivity index (χ3n) is 3.84. The van der Waals surface area contributed by atoms with Gasteiger partial charge in [-0.15, -0.1) is 0 Å². The summed E-state index contributed by atoms with van der Waals surface area (Å²) in [5.74, 6) is 2.42. The minimum Gasteiger partial charge on any atom is -0.460 e. The van der Waals surface area contributed by atoms with Crippen molar-refractivity contribution < 1.29 is 9.53 Å². The van der Waals surface area contributed by atoms with Gasteiger partial charge in [-0.2, -0.15) is 0 Å². The van der Waals surface area contributed by atoms with Gasteiger partial charge in [0.1, 0.15) is 0 Å². The van der Waals surface area contributed by atoms with Crippen LogP contribution in [-0.4, -0.2) is 22.1 Å². The van der Waals surface area contributed by atoms with E-state index in [1.54, 1.807) is 6.20 Å². The Bertz CT molecular complexity index is 406. The van der Waals surface area contributed by atoms with Crippen molar-refractivity contribution >= 4 is 5.97 Å². The maximum Gasteiger partial charge on any atom is 0.374 e. The molecule has 0 aromatic carbocycles. The first kappa shape index (κ1) is 13.1. The van der Waals surface area contributed by atoms with Gasteiger partial charge in [0.15, 0.2) is 0 Å². The zero-order valence-electron chi connectivity index (χ0n) is 11.4. The zero-order chi connectivity index (χ0) is 13.1. The van der Waals surface area contributed by atoms with Crippen molar-refractivity contribution in [1.29, 1.82) is 0 Å². The second-order valence-corrected chi connectivity index (χ2v) is 5.47. The molecule has 0 unspecified atom stereocenters. The summed E-state index contributed by atoms with van der Waals surface area (Å²) in [6.45, 7) is 7.65. The van der Waals surface area contributed by atoms with Crippen molar-refractivity contribution in [2.75, 3.05) is 6.61 Å². The summed E-state index contributed by atoms with van der Waals surface area (Å²) in [5.41, 5.74) is 0. The van der Waals surface area contributed by atoms with E-state index in [0.29, 0.717) is 18.3 Å². The van der Waals surface area contributed by atoms with E-state index in [4.69, 9.17) is 4.74 Å². The molecular formula is C14H22N2O2. The van der Waals surface area contributed by atoms with Gasteiger partial charge in [-0.1, -0.05) is 13.8 Å². The fourth-order valence-corrected chi connectivity index (χ4v) is 2.60. The van der Waals surface area contributed by atoms with Crippen molar-refractivity contribution in [3.05, 3.63) is 18.2 Å². The fourth-order valence-electron chi connectivity index (χ4n) is 2.60. The molecule has 2 rings (SSSR count). The number of rotatable bonds is 5. The first-order chi connectivity index (χ1) is 8.61. The molecule has 1 heterocycles. The lowest BCUT2D eigenvalue weighted by Crippen LogP contribution is -2.31. The molecule has 0 bridgehead atoms. The van der Waals surface area contributed by atoms with Crippen LogP contribution in [0, 0.1) is 17.8 Å². The first-order valence-corrected chi connectivity index (χ1v) is 6.80. The quantitative estimate of drug-likeness (QED) is 0.755. The van der Waals surface area contributed by atoms with Crippen LogP contribution in [-0.2, 0) is 11.3 Å². The Morgan fingerprint density at radius 3 is 2.89 bits per heavy atom. The highest BCUT2D eigenvalue weighted by Gasteiger charge is 2.31. The predicted molar refractivity (Wildman–Crippen MR) is 69.2 cm³/mol. The fraction of sp³-hybridized carbons (Fsp3) is 0.714. The smallest absolute Gasteiger partial charge is 0.374 e. The van der Waals surface area contributed by atoms with Crippen molar-refractivity contribution in [2.24, 2.45) is 17.8 Å². The lowest BCUT2D eigenvalue weighted by atomic mass is 9.69. The molecule has 0 radical (unpaired) electrons. The van der Waals surface area contributed by atoms with Gasteiger partial charge in [-0.25, -0.2) is 9.78 Å².